The Morgan fingerprint density at radius 1 is 1.25 bits per heavy atom. The molecule has 4 heteroatoms. The van der Waals surface area contributed by atoms with Crippen LogP contribution in [0.4, 0.5) is 0 Å². The Bertz CT molecular complexity index is 709. The van der Waals surface area contributed by atoms with E-state index in [0.29, 0.717) is 0 Å². The number of furan rings is 1. The van der Waals surface area contributed by atoms with Crippen LogP contribution in [0.2, 0.25) is 5.02 Å². The molecule has 0 amide bonds. The fourth-order valence-electron chi connectivity index (χ4n) is 2.28. The van der Waals surface area contributed by atoms with Gasteiger partial charge in [-0.3, -0.25) is 4.98 Å². The van der Waals surface area contributed by atoms with Gasteiger partial charge in [0.15, 0.2) is 0 Å². The molecule has 0 aliphatic carbocycles. The fraction of sp³-hybridized carbons (Fsp3) is 0.188. The highest BCUT2D eigenvalue weighted by atomic mass is 35.5. The topological polar surface area (TPSA) is 38.1 Å². The van der Waals surface area contributed by atoms with Gasteiger partial charge in [-0.15, -0.1) is 0 Å². The van der Waals surface area contributed by atoms with Crippen LogP contribution in [0.15, 0.2) is 53.1 Å². The van der Waals surface area contributed by atoms with Gasteiger partial charge in [-0.05, 0) is 43.4 Å². The molecule has 20 heavy (non-hydrogen) atoms. The monoisotopic (exact) mass is 286 g/mol. The predicted molar refractivity (Wildman–Crippen MR) is 81.0 cm³/mol. The molecule has 1 atom stereocenters. The molecule has 0 radical (unpaired) electrons. The zero-order valence-electron chi connectivity index (χ0n) is 11.1. The number of aromatic nitrogens is 1. The molecular formula is C16H15ClN2O. The highest BCUT2D eigenvalue weighted by molar-refractivity contribution is 6.31. The van der Waals surface area contributed by atoms with Crippen molar-refractivity contribution in [1.82, 2.24) is 10.3 Å². The normalized spacial score (nSPS) is 12.7. The smallest absolute Gasteiger partial charge is 0.134 e. The SMILES string of the molecule is CNC(Cc1ccccn1)c1cc2cc(Cl)ccc2o1. The zero-order valence-corrected chi connectivity index (χ0v) is 11.9. The summed E-state index contributed by atoms with van der Waals surface area (Å²) in [6.45, 7) is 0. The Morgan fingerprint density at radius 3 is 2.90 bits per heavy atom. The van der Waals surface area contributed by atoms with E-state index in [1.165, 1.54) is 0 Å². The van der Waals surface area contributed by atoms with E-state index in [4.69, 9.17) is 16.0 Å². The molecule has 0 saturated heterocycles. The van der Waals surface area contributed by atoms with Crippen LogP contribution in [-0.4, -0.2) is 12.0 Å². The van der Waals surface area contributed by atoms with Crippen molar-refractivity contribution in [2.75, 3.05) is 7.05 Å². The van der Waals surface area contributed by atoms with Gasteiger partial charge in [0, 0.05) is 28.7 Å². The first-order valence-electron chi connectivity index (χ1n) is 6.52. The summed E-state index contributed by atoms with van der Waals surface area (Å²) in [5.74, 6) is 0.899. The maximum absolute atomic E-state index is 6.00. The number of hydrogen-bond donors (Lipinski definition) is 1. The van der Waals surface area contributed by atoms with Gasteiger partial charge in [0.2, 0.25) is 0 Å². The van der Waals surface area contributed by atoms with Crippen LogP contribution in [0.3, 0.4) is 0 Å². The molecule has 3 rings (SSSR count). The Hall–Kier alpha value is -1.84. The summed E-state index contributed by atoms with van der Waals surface area (Å²) in [7, 11) is 1.92. The first-order valence-corrected chi connectivity index (χ1v) is 6.90. The lowest BCUT2D eigenvalue weighted by atomic mass is 10.1. The van der Waals surface area contributed by atoms with Crippen LogP contribution in [0.5, 0.6) is 0 Å². The highest BCUT2D eigenvalue weighted by Crippen LogP contribution is 2.27. The molecule has 0 bridgehead atoms. The van der Waals surface area contributed by atoms with E-state index in [1.807, 2.05) is 49.5 Å². The predicted octanol–water partition coefficient (Wildman–Crippen LogP) is 3.98. The van der Waals surface area contributed by atoms with Gasteiger partial charge < -0.3 is 9.73 Å². The van der Waals surface area contributed by atoms with Gasteiger partial charge in [0.1, 0.15) is 11.3 Å². The van der Waals surface area contributed by atoms with Gasteiger partial charge in [-0.1, -0.05) is 17.7 Å². The lowest BCUT2D eigenvalue weighted by Gasteiger charge is -2.12. The summed E-state index contributed by atoms with van der Waals surface area (Å²) in [6, 6.07) is 13.7. The second kappa shape index (κ2) is 5.65. The maximum Gasteiger partial charge on any atom is 0.134 e. The summed E-state index contributed by atoms with van der Waals surface area (Å²) >= 11 is 6.00. The molecule has 1 aromatic carbocycles. The van der Waals surface area contributed by atoms with Crippen LogP contribution >= 0.6 is 11.6 Å². The average Bonchev–Trinajstić information content (AvgIpc) is 2.88. The first-order chi connectivity index (χ1) is 9.76. The summed E-state index contributed by atoms with van der Waals surface area (Å²) in [5.41, 5.74) is 1.89. The van der Waals surface area contributed by atoms with Crippen LogP contribution in [0, 0.1) is 0 Å². The van der Waals surface area contributed by atoms with E-state index in [0.717, 1.165) is 33.9 Å². The average molecular weight is 287 g/mol. The third-order valence-corrected chi connectivity index (χ3v) is 3.56. The van der Waals surface area contributed by atoms with E-state index in [2.05, 4.69) is 10.3 Å². The molecule has 3 nitrogen and oxygen atoms in total. The summed E-state index contributed by atoms with van der Waals surface area (Å²) in [5, 5.41) is 5.02. The number of benzene rings is 1. The minimum absolute atomic E-state index is 0.0936. The van der Waals surface area contributed by atoms with Gasteiger partial charge in [-0.25, -0.2) is 0 Å². The minimum atomic E-state index is 0.0936. The van der Waals surface area contributed by atoms with Crippen molar-refractivity contribution in [2.45, 2.75) is 12.5 Å². The second-order valence-corrected chi connectivity index (χ2v) is 5.13. The molecule has 0 fully saturated rings. The lowest BCUT2D eigenvalue weighted by Crippen LogP contribution is -2.18. The highest BCUT2D eigenvalue weighted by Gasteiger charge is 2.15. The van der Waals surface area contributed by atoms with Gasteiger partial charge in [0.25, 0.3) is 0 Å². The Balaban J connectivity index is 1.91. The van der Waals surface area contributed by atoms with Crippen LogP contribution in [-0.2, 0) is 6.42 Å². The first kappa shape index (κ1) is 13.2. The lowest BCUT2D eigenvalue weighted by molar-refractivity contribution is 0.448. The number of fused-ring (bicyclic) bond motifs is 1. The molecule has 0 spiro atoms. The molecule has 2 aromatic heterocycles. The van der Waals surface area contributed by atoms with Crippen molar-refractivity contribution < 1.29 is 4.42 Å². The second-order valence-electron chi connectivity index (χ2n) is 4.70. The Labute approximate surface area is 122 Å². The van der Waals surface area contributed by atoms with E-state index in [1.54, 1.807) is 6.20 Å². The zero-order chi connectivity index (χ0) is 13.9. The number of nitrogens with one attached hydrogen (secondary N) is 1. The molecule has 0 aliphatic heterocycles. The number of likely N-dealkylation sites (N-methyl/N-ethyl adjacent to an activating group) is 1. The summed E-state index contributed by atoms with van der Waals surface area (Å²) in [6.07, 6.45) is 2.59. The van der Waals surface area contributed by atoms with Gasteiger partial charge in [-0.2, -0.15) is 0 Å². The summed E-state index contributed by atoms with van der Waals surface area (Å²) < 4.78 is 5.90. The Morgan fingerprint density at radius 2 is 2.15 bits per heavy atom. The molecule has 0 aliphatic rings. The largest absolute Gasteiger partial charge is 0.459 e. The molecule has 102 valence electrons. The van der Waals surface area contributed by atoms with Crippen LogP contribution in [0.25, 0.3) is 11.0 Å². The summed E-state index contributed by atoms with van der Waals surface area (Å²) in [4.78, 5) is 4.36. The third-order valence-electron chi connectivity index (χ3n) is 3.33. The molecule has 1 N–H and O–H groups in total. The molecule has 2 heterocycles. The number of pyridine rings is 1. The molecule has 0 saturated carbocycles. The van der Waals surface area contributed by atoms with Crippen molar-refractivity contribution in [3.05, 3.63) is 65.1 Å². The van der Waals surface area contributed by atoms with E-state index >= 15 is 0 Å². The molecule has 3 aromatic rings. The minimum Gasteiger partial charge on any atom is -0.459 e. The number of hydrogen-bond acceptors (Lipinski definition) is 3. The maximum atomic E-state index is 6.00. The van der Waals surface area contributed by atoms with Crippen molar-refractivity contribution in [3.63, 3.8) is 0 Å². The number of nitrogens with zero attached hydrogens (tertiary/aromatic N) is 1. The van der Waals surface area contributed by atoms with E-state index < -0.39 is 0 Å². The van der Waals surface area contributed by atoms with Crippen molar-refractivity contribution >= 4 is 22.6 Å². The quantitative estimate of drug-likeness (QED) is 0.788. The van der Waals surface area contributed by atoms with E-state index in [9.17, 15) is 0 Å². The number of halogens is 1. The molecular weight excluding hydrogens is 272 g/mol. The van der Waals surface area contributed by atoms with Crippen molar-refractivity contribution in [3.8, 4) is 0 Å². The fourth-order valence-corrected chi connectivity index (χ4v) is 2.46. The standard InChI is InChI=1S/C16H15ClN2O/c1-18-14(10-13-4-2-3-7-19-13)16-9-11-8-12(17)5-6-15(11)20-16/h2-9,14,18H,10H2,1H3. The van der Waals surface area contributed by atoms with Crippen molar-refractivity contribution in [1.29, 1.82) is 0 Å². The molecule has 1 unspecified atom stereocenters. The van der Waals surface area contributed by atoms with Crippen LogP contribution < -0.4 is 5.32 Å². The van der Waals surface area contributed by atoms with E-state index in [-0.39, 0.29) is 6.04 Å². The third kappa shape index (κ3) is 2.69. The number of rotatable bonds is 4. The van der Waals surface area contributed by atoms with Crippen molar-refractivity contribution in [2.24, 2.45) is 0 Å². The van der Waals surface area contributed by atoms with Gasteiger partial charge in [0.05, 0.1) is 6.04 Å². The van der Waals surface area contributed by atoms with Gasteiger partial charge >= 0.3 is 0 Å². The Kier molecular flexibility index (Phi) is 3.72. The van der Waals surface area contributed by atoms with Crippen LogP contribution in [0.1, 0.15) is 17.5 Å².